The zero-order chi connectivity index (χ0) is 9.56. The number of hydrogen-bond donors (Lipinski definition) is 0. The normalized spacial score (nSPS) is 8.33. The smallest absolute Gasteiger partial charge is 0.179 e. The molecule has 1 rings (SSSR count). The summed E-state index contributed by atoms with van der Waals surface area (Å²) in [5.74, 6) is -0.0365. The van der Waals surface area contributed by atoms with Gasteiger partial charge in [0.15, 0.2) is 5.78 Å². The molecule has 1 heterocycles. The van der Waals surface area contributed by atoms with E-state index in [2.05, 4.69) is 9.97 Å². The lowest BCUT2D eigenvalue weighted by atomic mass is 10.2. The fraction of sp³-hybridized carbons (Fsp3) is 0.444. The second kappa shape index (κ2) is 5.41. The average molecular weight is 166 g/mol. The van der Waals surface area contributed by atoms with Gasteiger partial charge in [0.2, 0.25) is 0 Å². The maximum atomic E-state index is 10.8. The summed E-state index contributed by atoms with van der Waals surface area (Å²) in [6, 6.07) is 0. The zero-order valence-corrected chi connectivity index (χ0v) is 7.96. The van der Waals surface area contributed by atoms with Gasteiger partial charge in [-0.25, -0.2) is 4.98 Å². The number of carbonyl (C=O) groups excluding carboxylic acids is 1. The summed E-state index contributed by atoms with van der Waals surface area (Å²) >= 11 is 0. The Bertz CT molecular complexity index is 258. The number of rotatable bonds is 1. The van der Waals surface area contributed by atoms with Crippen molar-refractivity contribution in [3.05, 3.63) is 23.8 Å². The lowest BCUT2D eigenvalue weighted by Crippen LogP contribution is -2.00. The Kier molecular flexibility index (Phi) is 4.84. The Morgan fingerprint density at radius 3 is 2.08 bits per heavy atom. The molecule has 0 aliphatic rings. The molecule has 0 saturated carbocycles. The molecule has 0 spiro atoms. The van der Waals surface area contributed by atoms with E-state index in [9.17, 15) is 4.79 Å². The highest BCUT2D eigenvalue weighted by atomic mass is 16.1. The molecule has 0 aliphatic carbocycles. The quantitative estimate of drug-likeness (QED) is 0.599. The van der Waals surface area contributed by atoms with Gasteiger partial charge in [-0.1, -0.05) is 13.8 Å². The van der Waals surface area contributed by atoms with Crippen LogP contribution in [0, 0.1) is 6.92 Å². The van der Waals surface area contributed by atoms with Crippen LogP contribution in [0.1, 0.15) is 37.0 Å². The van der Waals surface area contributed by atoms with Crippen molar-refractivity contribution in [3.63, 3.8) is 0 Å². The van der Waals surface area contributed by atoms with Crippen LogP contribution in [0.15, 0.2) is 12.4 Å². The number of ketones is 1. The lowest BCUT2D eigenvalue weighted by molar-refractivity contribution is 0.101. The number of carbonyl (C=O) groups is 1. The SMILES string of the molecule is CC.CC(=O)c1nccnc1C. The highest BCUT2D eigenvalue weighted by Crippen LogP contribution is 1.98. The molecule has 0 saturated heterocycles. The van der Waals surface area contributed by atoms with E-state index in [-0.39, 0.29) is 5.78 Å². The second-order valence-electron chi connectivity index (χ2n) is 2.05. The molecular weight excluding hydrogens is 152 g/mol. The first-order valence-corrected chi connectivity index (χ1v) is 4.00. The summed E-state index contributed by atoms with van der Waals surface area (Å²) < 4.78 is 0. The van der Waals surface area contributed by atoms with Crippen molar-refractivity contribution < 1.29 is 4.79 Å². The van der Waals surface area contributed by atoms with E-state index in [0.717, 1.165) is 0 Å². The van der Waals surface area contributed by atoms with Crippen LogP contribution in [0.4, 0.5) is 0 Å². The molecule has 0 amide bonds. The molecule has 0 N–H and O–H groups in total. The molecule has 0 aromatic carbocycles. The lowest BCUT2D eigenvalue weighted by Gasteiger charge is -1.95. The maximum absolute atomic E-state index is 10.8. The summed E-state index contributed by atoms with van der Waals surface area (Å²) in [5, 5.41) is 0. The van der Waals surface area contributed by atoms with E-state index in [1.54, 1.807) is 13.1 Å². The number of nitrogens with zero attached hydrogens (tertiary/aromatic N) is 2. The third kappa shape index (κ3) is 2.78. The molecule has 0 radical (unpaired) electrons. The molecule has 0 fully saturated rings. The summed E-state index contributed by atoms with van der Waals surface area (Å²) in [7, 11) is 0. The largest absolute Gasteiger partial charge is 0.293 e. The van der Waals surface area contributed by atoms with E-state index in [0.29, 0.717) is 11.4 Å². The van der Waals surface area contributed by atoms with E-state index < -0.39 is 0 Å². The van der Waals surface area contributed by atoms with Gasteiger partial charge in [0, 0.05) is 19.3 Å². The van der Waals surface area contributed by atoms with Crippen molar-refractivity contribution in [2.75, 3.05) is 0 Å². The minimum Gasteiger partial charge on any atom is -0.293 e. The van der Waals surface area contributed by atoms with Crippen LogP contribution in [-0.4, -0.2) is 15.8 Å². The van der Waals surface area contributed by atoms with Crippen molar-refractivity contribution in [1.29, 1.82) is 0 Å². The van der Waals surface area contributed by atoms with Gasteiger partial charge in [0.05, 0.1) is 5.69 Å². The summed E-state index contributed by atoms with van der Waals surface area (Å²) in [5.41, 5.74) is 1.15. The molecular formula is C9H14N2O. The van der Waals surface area contributed by atoms with Gasteiger partial charge in [-0.2, -0.15) is 0 Å². The van der Waals surface area contributed by atoms with Gasteiger partial charge in [0.25, 0.3) is 0 Å². The number of hydrogen-bond acceptors (Lipinski definition) is 3. The predicted molar refractivity (Wildman–Crippen MR) is 48.1 cm³/mol. The first kappa shape index (κ1) is 10.8. The van der Waals surface area contributed by atoms with E-state index in [1.807, 2.05) is 13.8 Å². The topological polar surface area (TPSA) is 42.9 Å². The molecule has 3 heteroatoms. The fourth-order valence-electron chi connectivity index (χ4n) is 0.753. The van der Waals surface area contributed by atoms with Crippen molar-refractivity contribution in [3.8, 4) is 0 Å². The summed E-state index contributed by atoms with van der Waals surface area (Å²) in [4.78, 5) is 18.5. The molecule has 3 nitrogen and oxygen atoms in total. The van der Waals surface area contributed by atoms with Crippen molar-refractivity contribution in [2.24, 2.45) is 0 Å². The van der Waals surface area contributed by atoms with Crippen molar-refractivity contribution in [1.82, 2.24) is 9.97 Å². The van der Waals surface area contributed by atoms with Crippen LogP contribution in [-0.2, 0) is 0 Å². The molecule has 1 aromatic heterocycles. The van der Waals surface area contributed by atoms with Gasteiger partial charge < -0.3 is 0 Å². The molecule has 0 atom stereocenters. The summed E-state index contributed by atoms with van der Waals surface area (Å²) in [6.07, 6.45) is 3.09. The predicted octanol–water partition coefficient (Wildman–Crippen LogP) is 2.01. The Labute approximate surface area is 72.9 Å². The Balaban J connectivity index is 0.000000561. The first-order valence-electron chi connectivity index (χ1n) is 4.00. The van der Waals surface area contributed by atoms with Crippen LogP contribution in [0.2, 0.25) is 0 Å². The molecule has 0 aliphatic heterocycles. The number of aromatic nitrogens is 2. The number of Topliss-reactive ketones (excluding diaryl/α,β-unsaturated/α-hetero) is 1. The van der Waals surface area contributed by atoms with Gasteiger partial charge in [-0.3, -0.25) is 9.78 Å². The third-order valence-electron chi connectivity index (χ3n) is 1.21. The van der Waals surface area contributed by atoms with E-state index in [1.165, 1.54) is 13.1 Å². The highest BCUT2D eigenvalue weighted by molar-refractivity contribution is 5.92. The van der Waals surface area contributed by atoms with Crippen molar-refractivity contribution in [2.45, 2.75) is 27.7 Å². The summed E-state index contributed by atoms with van der Waals surface area (Å²) in [6.45, 7) is 7.25. The fourth-order valence-corrected chi connectivity index (χ4v) is 0.753. The monoisotopic (exact) mass is 166 g/mol. The van der Waals surface area contributed by atoms with Gasteiger partial charge >= 0.3 is 0 Å². The Hall–Kier alpha value is -1.25. The minimum absolute atomic E-state index is 0.0365. The molecule has 0 bridgehead atoms. The van der Waals surface area contributed by atoms with E-state index in [4.69, 9.17) is 0 Å². The van der Waals surface area contributed by atoms with Crippen LogP contribution < -0.4 is 0 Å². The minimum atomic E-state index is -0.0365. The number of aryl methyl sites for hydroxylation is 1. The standard InChI is InChI=1S/C7H8N2O.C2H6/c1-5-7(6(2)10)9-4-3-8-5;1-2/h3-4H,1-2H3;1-2H3. The highest BCUT2D eigenvalue weighted by Gasteiger charge is 2.03. The van der Waals surface area contributed by atoms with Crippen LogP contribution in [0.5, 0.6) is 0 Å². The second-order valence-corrected chi connectivity index (χ2v) is 2.05. The van der Waals surface area contributed by atoms with Gasteiger partial charge in [-0.05, 0) is 6.92 Å². The average Bonchev–Trinajstić information content (AvgIpc) is 2.08. The van der Waals surface area contributed by atoms with Crippen LogP contribution in [0.3, 0.4) is 0 Å². The first-order chi connectivity index (χ1) is 5.72. The molecule has 12 heavy (non-hydrogen) atoms. The maximum Gasteiger partial charge on any atom is 0.179 e. The third-order valence-corrected chi connectivity index (χ3v) is 1.21. The molecule has 1 aromatic rings. The molecule has 66 valence electrons. The zero-order valence-electron chi connectivity index (χ0n) is 7.96. The van der Waals surface area contributed by atoms with Crippen molar-refractivity contribution >= 4 is 5.78 Å². The van der Waals surface area contributed by atoms with Crippen LogP contribution >= 0.6 is 0 Å². The molecule has 0 unspecified atom stereocenters. The Morgan fingerprint density at radius 1 is 1.25 bits per heavy atom. The van der Waals surface area contributed by atoms with Gasteiger partial charge in [-0.15, -0.1) is 0 Å². The van der Waals surface area contributed by atoms with Crippen LogP contribution in [0.25, 0.3) is 0 Å². The van der Waals surface area contributed by atoms with Gasteiger partial charge in [0.1, 0.15) is 5.69 Å². The van der Waals surface area contributed by atoms with E-state index >= 15 is 0 Å². The Morgan fingerprint density at radius 2 is 1.75 bits per heavy atom.